The minimum absolute atomic E-state index is 0.236. The SMILES string of the molecule is CC1CCC(N(C)C(=O)C2(c3ccc(F)cc3)CCC2)CC1. The molecule has 0 bridgehead atoms. The van der Waals surface area contributed by atoms with Gasteiger partial charge in [-0.3, -0.25) is 4.79 Å². The van der Waals surface area contributed by atoms with E-state index in [4.69, 9.17) is 0 Å². The lowest BCUT2D eigenvalue weighted by Crippen LogP contribution is -2.53. The van der Waals surface area contributed by atoms with Gasteiger partial charge in [-0.2, -0.15) is 0 Å². The molecule has 2 aliphatic rings. The van der Waals surface area contributed by atoms with Gasteiger partial charge in [0.2, 0.25) is 5.91 Å². The quantitative estimate of drug-likeness (QED) is 0.816. The molecule has 2 fully saturated rings. The standard InChI is InChI=1S/C19H26FNO/c1-14-4-10-17(11-5-14)21(2)18(22)19(12-3-13-19)15-6-8-16(20)9-7-15/h6-9,14,17H,3-5,10-13H2,1-2H3. The van der Waals surface area contributed by atoms with E-state index in [1.807, 2.05) is 11.9 Å². The number of carbonyl (C=O) groups excluding carboxylic acids is 1. The monoisotopic (exact) mass is 303 g/mol. The first-order valence-electron chi connectivity index (χ1n) is 8.56. The van der Waals surface area contributed by atoms with E-state index in [0.29, 0.717) is 6.04 Å². The van der Waals surface area contributed by atoms with Gasteiger partial charge in [0.05, 0.1) is 5.41 Å². The second-order valence-electron chi connectivity index (χ2n) is 7.27. The lowest BCUT2D eigenvalue weighted by atomic mass is 9.63. The van der Waals surface area contributed by atoms with E-state index in [9.17, 15) is 9.18 Å². The number of nitrogens with zero attached hydrogens (tertiary/aromatic N) is 1. The molecule has 3 heteroatoms. The minimum atomic E-state index is -0.397. The maximum absolute atomic E-state index is 13.2. The fourth-order valence-corrected chi connectivity index (χ4v) is 4.06. The van der Waals surface area contributed by atoms with Gasteiger partial charge in [-0.1, -0.05) is 25.5 Å². The fraction of sp³-hybridized carbons (Fsp3) is 0.632. The van der Waals surface area contributed by atoms with Crippen molar-refractivity contribution >= 4 is 5.91 Å². The van der Waals surface area contributed by atoms with Gasteiger partial charge in [0.15, 0.2) is 0 Å². The summed E-state index contributed by atoms with van der Waals surface area (Å²) in [5, 5.41) is 0. The van der Waals surface area contributed by atoms with Gasteiger partial charge in [-0.05, 0) is 62.1 Å². The zero-order valence-corrected chi connectivity index (χ0v) is 13.6. The lowest BCUT2D eigenvalue weighted by molar-refractivity contribution is -0.142. The molecule has 0 spiro atoms. The lowest BCUT2D eigenvalue weighted by Gasteiger charge is -2.46. The van der Waals surface area contributed by atoms with Gasteiger partial charge in [-0.15, -0.1) is 0 Å². The Labute approximate surface area is 132 Å². The van der Waals surface area contributed by atoms with Crippen LogP contribution in [0.3, 0.4) is 0 Å². The summed E-state index contributed by atoms with van der Waals surface area (Å²) < 4.78 is 13.2. The molecule has 120 valence electrons. The van der Waals surface area contributed by atoms with Crippen molar-refractivity contribution in [1.29, 1.82) is 0 Å². The highest BCUT2D eigenvalue weighted by Crippen LogP contribution is 2.46. The highest BCUT2D eigenvalue weighted by atomic mass is 19.1. The van der Waals surface area contributed by atoms with Gasteiger partial charge >= 0.3 is 0 Å². The van der Waals surface area contributed by atoms with Crippen LogP contribution in [0.5, 0.6) is 0 Å². The molecule has 2 nitrogen and oxygen atoms in total. The summed E-state index contributed by atoms with van der Waals surface area (Å²) in [7, 11) is 1.96. The van der Waals surface area contributed by atoms with E-state index in [0.717, 1.165) is 43.6 Å². The van der Waals surface area contributed by atoms with Crippen molar-refractivity contribution < 1.29 is 9.18 Å². The van der Waals surface area contributed by atoms with Gasteiger partial charge in [0, 0.05) is 13.1 Å². The summed E-state index contributed by atoms with van der Waals surface area (Å²) in [4.78, 5) is 15.1. The minimum Gasteiger partial charge on any atom is -0.342 e. The molecule has 0 N–H and O–H groups in total. The number of hydrogen-bond donors (Lipinski definition) is 0. The van der Waals surface area contributed by atoms with Gasteiger partial charge in [-0.25, -0.2) is 4.39 Å². The molecule has 0 atom stereocenters. The first-order valence-corrected chi connectivity index (χ1v) is 8.56. The molecule has 0 aliphatic heterocycles. The Balaban J connectivity index is 1.78. The number of likely N-dealkylation sites (N-methyl/N-ethyl adjacent to an activating group) is 1. The van der Waals surface area contributed by atoms with Crippen molar-refractivity contribution in [3.8, 4) is 0 Å². The van der Waals surface area contributed by atoms with E-state index < -0.39 is 5.41 Å². The molecule has 0 heterocycles. The van der Waals surface area contributed by atoms with Crippen LogP contribution in [0, 0.1) is 11.7 Å². The van der Waals surface area contributed by atoms with Crippen molar-refractivity contribution in [3.63, 3.8) is 0 Å². The fourth-order valence-electron chi connectivity index (χ4n) is 4.06. The highest BCUT2D eigenvalue weighted by molar-refractivity contribution is 5.89. The molecule has 2 aliphatic carbocycles. The Morgan fingerprint density at radius 2 is 1.73 bits per heavy atom. The molecular formula is C19H26FNO. The third kappa shape index (κ3) is 2.66. The average molecular weight is 303 g/mol. The topological polar surface area (TPSA) is 20.3 Å². The van der Waals surface area contributed by atoms with Crippen LogP contribution in [-0.4, -0.2) is 23.9 Å². The van der Waals surface area contributed by atoms with E-state index in [1.54, 1.807) is 12.1 Å². The van der Waals surface area contributed by atoms with Crippen LogP contribution in [0.1, 0.15) is 57.4 Å². The molecule has 0 unspecified atom stereocenters. The zero-order chi connectivity index (χ0) is 15.7. The second-order valence-corrected chi connectivity index (χ2v) is 7.27. The Hall–Kier alpha value is -1.38. The van der Waals surface area contributed by atoms with Crippen LogP contribution in [-0.2, 0) is 10.2 Å². The maximum atomic E-state index is 13.2. The Morgan fingerprint density at radius 3 is 2.23 bits per heavy atom. The summed E-state index contributed by atoms with van der Waals surface area (Å²) in [6.07, 6.45) is 7.53. The molecule has 1 amide bonds. The summed E-state index contributed by atoms with van der Waals surface area (Å²) in [5.74, 6) is 0.791. The van der Waals surface area contributed by atoms with Crippen LogP contribution in [0.4, 0.5) is 4.39 Å². The molecule has 2 saturated carbocycles. The van der Waals surface area contributed by atoms with Crippen LogP contribution in [0.15, 0.2) is 24.3 Å². The molecular weight excluding hydrogens is 277 g/mol. The third-order valence-electron chi connectivity index (χ3n) is 5.87. The molecule has 0 saturated heterocycles. The maximum Gasteiger partial charge on any atom is 0.233 e. The van der Waals surface area contributed by atoms with Gasteiger partial charge < -0.3 is 4.90 Å². The molecule has 1 aromatic carbocycles. The molecule has 1 aromatic rings. The van der Waals surface area contributed by atoms with Crippen molar-refractivity contribution in [2.75, 3.05) is 7.05 Å². The van der Waals surface area contributed by atoms with E-state index >= 15 is 0 Å². The predicted molar refractivity (Wildman–Crippen MR) is 86.1 cm³/mol. The Bertz CT molecular complexity index is 527. The van der Waals surface area contributed by atoms with Crippen molar-refractivity contribution in [2.24, 2.45) is 5.92 Å². The van der Waals surface area contributed by atoms with E-state index in [-0.39, 0.29) is 11.7 Å². The second kappa shape index (κ2) is 6.02. The Kier molecular flexibility index (Phi) is 4.24. The van der Waals surface area contributed by atoms with Crippen molar-refractivity contribution in [3.05, 3.63) is 35.6 Å². The van der Waals surface area contributed by atoms with Gasteiger partial charge in [0.25, 0.3) is 0 Å². The summed E-state index contributed by atoms with van der Waals surface area (Å²) >= 11 is 0. The molecule has 22 heavy (non-hydrogen) atoms. The normalized spacial score (nSPS) is 27.0. The van der Waals surface area contributed by atoms with Crippen molar-refractivity contribution in [2.45, 2.75) is 63.3 Å². The number of amides is 1. The number of halogens is 1. The van der Waals surface area contributed by atoms with E-state index in [1.165, 1.54) is 25.0 Å². The average Bonchev–Trinajstić information content (AvgIpc) is 2.48. The smallest absolute Gasteiger partial charge is 0.233 e. The Morgan fingerprint density at radius 1 is 1.14 bits per heavy atom. The molecule has 0 aromatic heterocycles. The predicted octanol–water partition coefficient (Wildman–Crippen LogP) is 4.28. The van der Waals surface area contributed by atoms with Crippen molar-refractivity contribution in [1.82, 2.24) is 4.90 Å². The number of rotatable bonds is 3. The number of hydrogen-bond acceptors (Lipinski definition) is 1. The first kappa shape index (κ1) is 15.5. The summed E-state index contributed by atoms with van der Waals surface area (Å²) in [5.41, 5.74) is 0.590. The van der Waals surface area contributed by atoms with Crippen LogP contribution in [0.2, 0.25) is 0 Å². The number of benzene rings is 1. The first-order chi connectivity index (χ1) is 10.5. The zero-order valence-electron chi connectivity index (χ0n) is 13.6. The molecule has 0 radical (unpaired) electrons. The van der Waals surface area contributed by atoms with Crippen LogP contribution in [0.25, 0.3) is 0 Å². The summed E-state index contributed by atoms with van der Waals surface area (Å²) in [6, 6.07) is 6.92. The highest BCUT2D eigenvalue weighted by Gasteiger charge is 2.48. The van der Waals surface area contributed by atoms with Crippen LogP contribution < -0.4 is 0 Å². The van der Waals surface area contributed by atoms with E-state index in [2.05, 4.69) is 6.92 Å². The molecule has 3 rings (SSSR count). The van der Waals surface area contributed by atoms with Gasteiger partial charge in [0.1, 0.15) is 5.82 Å². The van der Waals surface area contributed by atoms with Crippen LogP contribution >= 0.6 is 0 Å². The summed E-state index contributed by atoms with van der Waals surface area (Å²) in [6.45, 7) is 2.30. The largest absolute Gasteiger partial charge is 0.342 e. The third-order valence-corrected chi connectivity index (χ3v) is 5.87. The number of carbonyl (C=O) groups is 1.